The average Bonchev–Trinajstić information content (AvgIpc) is 2.81. The fourth-order valence-corrected chi connectivity index (χ4v) is 1.51. The van der Waals surface area contributed by atoms with Crippen LogP contribution >= 0.6 is 0 Å². The number of nitrogens with zero attached hydrogens (tertiary/aromatic N) is 5. The highest BCUT2D eigenvalue weighted by molar-refractivity contribution is 5.56. The second-order valence-electron chi connectivity index (χ2n) is 3.69. The summed E-state index contributed by atoms with van der Waals surface area (Å²) in [6, 6.07) is 9.03. The first-order valence-corrected chi connectivity index (χ1v) is 5.26. The van der Waals surface area contributed by atoms with Crippen molar-refractivity contribution in [1.82, 2.24) is 15.0 Å². The summed E-state index contributed by atoms with van der Waals surface area (Å²) in [6.07, 6.45) is 1.67. The molecule has 0 bridgehead atoms. The summed E-state index contributed by atoms with van der Waals surface area (Å²) in [5.41, 5.74) is 2.46. The quantitative estimate of drug-likeness (QED) is 0.866. The van der Waals surface area contributed by atoms with E-state index in [-0.39, 0.29) is 0 Å². The Hall–Kier alpha value is -2.86. The van der Waals surface area contributed by atoms with Crippen LogP contribution in [0.25, 0.3) is 0 Å². The maximum Gasteiger partial charge on any atom is 0.101 e. The number of benzene rings is 1. The highest BCUT2D eigenvalue weighted by Crippen LogP contribution is 2.15. The Morgan fingerprint density at radius 3 is 2.67 bits per heavy atom. The molecule has 0 fully saturated rings. The molecule has 2 rings (SSSR count). The van der Waals surface area contributed by atoms with E-state index in [9.17, 15) is 0 Å². The maximum absolute atomic E-state index is 8.92. The van der Waals surface area contributed by atoms with Crippen LogP contribution in [0.3, 0.4) is 0 Å². The minimum atomic E-state index is 0.366. The first-order valence-electron chi connectivity index (χ1n) is 5.26. The summed E-state index contributed by atoms with van der Waals surface area (Å²) in [7, 11) is 1.81. The number of hydrogen-bond donors (Lipinski definition) is 1. The molecule has 0 radical (unpaired) electrons. The monoisotopic (exact) mass is 238 g/mol. The van der Waals surface area contributed by atoms with E-state index in [2.05, 4.69) is 15.6 Å². The van der Waals surface area contributed by atoms with Crippen molar-refractivity contribution in [2.45, 2.75) is 6.54 Å². The summed E-state index contributed by atoms with van der Waals surface area (Å²) in [5, 5.41) is 28.5. The molecule has 1 N–H and O–H groups in total. The third-order valence-electron chi connectivity index (χ3n) is 2.54. The Bertz CT molecular complexity index is 643. The predicted molar refractivity (Wildman–Crippen MR) is 64.2 cm³/mol. The third kappa shape index (κ3) is 2.28. The molecule has 1 aromatic heterocycles. The lowest BCUT2D eigenvalue weighted by molar-refractivity contribution is 0.683. The molecule has 0 amide bonds. The Labute approximate surface area is 104 Å². The van der Waals surface area contributed by atoms with Gasteiger partial charge in [-0.15, -0.1) is 5.10 Å². The van der Waals surface area contributed by atoms with Gasteiger partial charge in [0.1, 0.15) is 12.1 Å². The van der Waals surface area contributed by atoms with Crippen LogP contribution in [-0.4, -0.2) is 15.0 Å². The molecule has 0 atom stereocenters. The first kappa shape index (κ1) is 11.6. The van der Waals surface area contributed by atoms with Crippen molar-refractivity contribution >= 4 is 5.69 Å². The van der Waals surface area contributed by atoms with Crippen LogP contribution in [0.2, 0.25) is 0 Å². The van der Waals surface area contributed by atoms with E-state index in [1.807, 2.05) is 19.2 Å². The number of rotatable bonds is 3. The van der Waals surface area contributed by atoms with Crippen molar-refractivity contribution in [3.63, 3.8) is 0 Å². The zero-order valence-electron chi connectivity index (χ0n) is 9.75. The van der Waals surface area contributed by atoms with Crippen LogP contribution in [0.1, 0.15) is 16.8 Å². The van der Waals surface area contributed by atoms with Crippen molar-refractivity contribution < 1.29 is 0 Å². The van der Waals surface area contributed by atoms with Gasteiger partial charge in [-0.1, -0.05) is 5.21 Å². The molecule has 1 heterocycles. The molecule has 1 aromatic carbocycles. The highest BCUT2D eigenvalue weighted by Gasteiger charge is 2.04. The number of aromatic nitrogens is 3. The van der Waals surface area contributed by atoms with Crippen LogP contribution in [0.5, 0.6) is 0 Å². The van der Waals surface area contributed by atoms with Crippen molar-refractivity contribution in [1.29, 1.82) is 10.5 Å². The zero-order chi connectivity index (χ0) is 13.0. The topological polar surface area (TPSA) is 90.3 Å². The molecule has 0 aliphatic carbocycles. The van der Waals surface area contributed by atoms with E-state index in [1.165, 1.54) is 0 Å². The molecule has 0 aliphatic heterocycles. The second-order valence-corrected chi connectivity index (χ2v) is 3.69. The second kappa shape index (κ2) is 4.98. The lowest BCUT2D eigenvalue weighted by Crippen LogP contribution is -2.05. The lowest BCUT2D eigenvalue weighted by Gasteiger charge is -2.06. The lowest BCUT2D eigenvalue weighted by atomic mass is 10.1. The van der Waals surface area contributed by atoms with Crippen LogP contribution in [0.4, 0.5) is 5.69 Å². The van der Waals surface area contributed by atoms with Gasteiger partial charge in [-0.25, -0.2) is 0 Å². The van der Waals surface area contributed by atoms with E-state index in [4.69, 9.17) is 10.5 Å². The van der Waals surface area contributed by atoms with Crippen LogP contribution < -0.4 is 5.32 Å². The van der Waals surface area contributed by atoms with E-state index in [1.54, 1.807) is 29.1 Å². The average molecular weight is 238 g/mol. The fraction of sp³-hybridized carbons (Fsp3) is 0.167. The van der Waals surface area contributed by atoms with Crippen molar-refractivity contribution in [2.75, 3.05) is 5.32 Å². The highest BCUT2D eigenvalue weighted by atomic mass is 15.4. The Balaban J connectivity index is 2.14. The molecule has 6 nitrogen and oxygen atoms in total. The number of nitriles is 2. The van der Waals surface area contributed by atoms with Crippen molar-refractivity contribution in [3.8, 4) is 12.1 Å². The number of hydrogen-bond acceptors (Lipinski definition) is 5. The summed E-state index contributed by atoms with van der Waals surface area (Å²) >= 11 is 0. The van der Waals surface area contributed by atoms with Gasteiger partial charge in [-0.05, 0) is 18.2 Å². The maximum atomic E-state index is 8.92. The van der Waals surface area contributed by atoms with Gasteiger partial charge in [-0.3, -0.25) is 4.68 Å². The Morgan fingerprint density at radius 2 is 2.06 bits per heavy atom. The molecule has 6 heteroatoms. The zero-order valence-corrected chi connectivity index (χ0v) is 9.75. The van der Waals surface area contributed by atoms with Crippen LogP contribution in [-0.2, 0) is 13.6 Å². The standard InChI is InChI=1S/C12H10N6/c1-18-12(8-16-17-18)7-15-11-3-2-9(5-13)10(4-11)6-14/h2-4,8,15H,7H2,1H3. The molecule has 0 saturated carbocycles. The van der Waals surface area contributed by atoms with Gasteiger partial charge in [0.15, 0.2) is 0 Å². The predicted octanol–water partition coefficient (Wildman–Crippen LogP) is 1.17. The molecule has 0 aliphatic rings. The Kier molecular flexibility index (Phi) is 3.22. The number of anilines is 1. The van der Waals surface area contributed by atoms with Crippen molar-refractivity contribution in [3.05, 3.63) is 41.2 Å². The van der Waals surface area contributed by atoms with E-state index in [0.717, 1.165) is 11.4 Å². The molecular formula is C12H10N6. The fourth-order valence-electron chi connectivity index (χ4n) is 1.51. The summed E-state index contributed by atoms with van der Waals surface area (Å²) in [5.74, 6) is 0. The van der Waals surface area contributed by atoms with Crippen LogP contribution in [0.15, 0.2) is 24.4 Å². The SMILES string of the molecule is Cn1nncc1CNc1ccc(C#N)c(C#N)c1. The number of aryl methyl sites for hydroxylation is 1. The largest absolute Gasteiger partial charge is 0.379 e. The van der Waals surface area contributed by atoms with Gasteiger partial charge in [0.2, 0.25) is 0 Å². The molecule has 88 valence electrons. The molecule has 2 aromatic rings. The molecule has 0 spiro atoms. The minimum absolute atomic E-state index is 0.366. The van der Waals surface area contributed by atoms with Gasteiger partial charge >= 0.3 is 0 Å². The smallest absolute Gasteiger partial charge is 0.101 e. The normalized spacial score (nSPS) is 9.50. The van der Waals surface area contributed by atoms with Gasteiger partial charge in [-0.2, -0.15) is 10.5 Å². The molecule has 18 heavy (non-hydrogen) atoms. The molecule has 0 unspecified atom stereocenters. The Morgan fingerprint density at radius 1 is 1.28 bits per heavy atom. The van der Waals surface area contributed by atoms with E-state index < -0.39 is 0 Å². The molecule has 0 saturated heterocycles. The van der Waals surface area contributed by atoms with Crippen LogP contribution in [0, 0.1) is 22.7 Å². The summed E-state index contributed by atoms with van der Waals surface area (Å²) in [6.45, 7) is 0.556. The molecular weight excluding hydrogens is 228 g/mol. The van der Waals surface area contributed by atoms with Gasteiger partial charge < -0.3 is 5.32 Å². The summed E-state index contributed by atoms with van der Waals surface area (Å²) < 4.78 is 1.67. The minimum Gasteiger partial charge on any atom is -0.379 e. The van der Waals surface area contributed by atoms with E-state index in [0.29, 0.717) is 17.7 Å². The van der Waals surface area contributed by atoms with Crippen molar-refractivity contribution in [2.24, 2.45) is 7.05 Å². The van der Waals surface area contributed by atoms with E-state index >= 15 is 0 Å². The third-order valence-corrected chi connectivity index (χ3v) is 2.54. The summed E-state index contributed by atoms with van der Waals surface area (Å²) in [4.78, 5) is 0. The van der Waals surface area contributed by atoms with Gasteiger partial charge in [0, 0.05) is 12.7 Å². The first-order chi connectivity index (χ1) is 8.74. The van der Waals surface area contributed by atoms with Gasteiger partial charge in [0.05, 0.1) is 29.6 Å². The number of nitrogens with one attached hydrogen (secondary N) is 1. The van der Waals surface area contributed by atoms with Gasteiger partial charge in [0.25, 0.3) is 0 Å².